The summed E-state index contributed by atoms with van der Waals surface area (Å²) in [4.78, 5) is 25.1. The molecule has 0 aromatic heterocycles. The Morgan fingerprint density at radius 2 is 2.21 bits per heavy atom. The van der Waals surface area contributed by atoms with Crippen LogP contribution in [-0.4, -0.2) is 41.7 Å². The van der Waals surface area contributed by atoms with Gasteiger partial charge in [-0.15, -0.1) is 0 Å². The molecule has 1 rings (SSSR count). The standard InChI is InChI=1S/C16H20N4O4/c1-3-24-16(23)20(7-6-17)10-12(9-18)15(22)19-14-5-4-13(21)8-11(14)2/h4-5,8,10,21H,3,6-7,17H2,1-2H3,(H,19,22)/b12-10-. The zero-order valence-electron chi connectivity index (χ0n) is 13.6. The Labute approximate surface area is 140 Å². The van der Waals surface area contributed by atoms with Crippen molar-refractivity contribution in [1.29, 1.82) is 5.26 Å². The highest BCUT2D eigenvalue weighted by atomic mass is 16.6. The Bertz CT molecular complexity index is 679. The van der Waals surface area contributed by atoms with E-state index in [0.717, 1.165) is 11.1 Å². The number of aromatic hydroxyl groups is 1. The molecule has 0 bridgehead atoms. The van der Waals surface area contributed by atoms with Gasteiger partial charge in [-0.05, 0) is 37.6 Å². The molecule has 1 aromatic carbocycles. The van der Waals surface area contributed by atoms with E-state index in [9.17, 15) is 20.0 Å². The summed E-state index contributed by atoms with van der Waals surface area (Å²) < 4.78 is 4.85. The Morgan fingerprint density at radius 1 is 1.50 bits per heavy atom. The van der Waals surface area contributed by atoms with Gasteiger partial charge in [0.05, 0.1) is 6.61 Å². The van der Waals surface area contributed by atoms with Gasteiger partial charge in [-0.3, -0.25) is 9.69 Å². The summed E-state index contributed by atoms with van der Waals surface area (Å²) in [6, 6.07) is 6.15. The maximum absolute atomic E-state index is 12.2. The van der Waals surface area contributed by atoms with E-state index in [1.54, 1.807) is 19.9 Å². The summed E-state index contributed by atoms with van der Waals surface area (Å²) in [7, 11) is 0. The van der Waals surface area contributed by atoms with E-state index in [2.05, 4.69) is 5.32 Å². The summed E-state index contributed by atoms with van der Waals surface area (Å²) in [5.41, 5.74) is 6.23. The Hall–Kier alpha value is -3.05. The molecule has 0 aliphatic rings. The monoisotopic (exact) mass is 332 g/mol. The van der Waals surface area contributed by atoms with E-state index in [4.69, 9.17) is 10.5 Å². The average Bonchev–Trinajstić information content (AvgIpc) is 2.54. The van der Waals surface area contributed by atoms with Crippen molar-refractivity contribution in [3.8, 4) is 11.8 Å². The second kappa shape index (κ2) is 9.17. The first-order chi connectivity index (χ1) is 11.4. The van der Waals surface area contributed by atoms with Crippen LogP contribution in [0.3, 0.4) is 0 Å². The van der Waals surface area contributed by atoms with Crippen molar-refractivity contribution in [2.24, 2.45) is 5.73 Å². The zero-order valence-corrected chi connectivity index (χ0v) is 13.6. The molecule has 0 aliphatic carbocycles. The highest BCUT2D eigenvalue weighted by molar-refractivity contribution is 6.07. The fraction of sp³-hybridized carbons (Fsp3) is 0.312. The molecule has 0 aliphatic heterocycles. The van der Waals surface area contributed by atoms with E-state index in [0.29, 0.717) is 11.3 Å². The molecule has 0 fully saturated rings. The van der Waals surface area contributed by atoms with Gasteiger partial charge < -0.3 is 20.9 Å². The number of phenols is 1. The summed E-state index contributed by atoms with van der Waals surface area (Å²) in [6.45, 7) is 3.76. The lowest BCUT2D eigenvalue weighted by molar-refractivity contribution is -0.112. The zero-order chi connectivity index (χ0) is 18.1. The number of phenolic OH excluding ortho intramolecular Hbond substituents is 1. The van der Waals surface area contributed by atoms with Crippen molar-refractivity contribution >= 4 is 17.7 Å². The van der Waals surface area contributed by atoms with E-state index in [1.807, 2.05) is 0 Å². The molecule has 0 unspecified atom stereocenters. The fourth-order valence-electron chi connectivity index (χ4n) is 1.83. The number of hydrogen-bond acceptors (Lipinski definition) is 6. The molecule has 24 heavy (non-hydrogen) atoms. The summed E-state index contributed by atoms with van der Waals surface area (Å²) in [6.07, 6.45) is 0.417. The van der Waals surface area contributed by atoms with Crippen molar-refractivity contribution in [3.05, 3.63) is 35.5 Å². The van der Waals surface area contributed by atoms with Gasteiger partial charge in [-0.2, -0.15) is 5.26 Å². The number of carbonyl (C=O) groups is 2. The van der Waals surface area contributed by atoms with Gasteiger partial charge in [0.25, 0.3) is 5.91 Å². The van der Waals surface area contributed by atoms with Crippen LogP contribution >= 0.6 is 0 Å². The van der Waals surface area contributed by atoms with Gasteiger partial charge in [0.15, 0.2) is 0 Å². The summed E-state index contributed by atoms with van der Waals surface area (Å²) >= 11 is 0. The van der Waals surface area contributed by atoms with Gasteiger partial charge in [0.2, 0.25) is 0 Å². The van der Waals surface area contributed by atoms with Crippen molar-refractivity contribution < 1.29 is 19.4 Å². The van der Waals surface area contributed by atoms with Crippen LogP contribution in [0.4, 0.5) is 10.5 Å². The molecule has 0 atom stereocenters. The second-order valence-electron chi connectivity index (χ2n) is 4.79. The van der Waals surface area contributed by atoms with Gasteiger partial charge in [0, 0.05) is 25.0 Å². The minimum Gasteiger partial charge on any atom is -0.508 e. The van der Waals surface area contributed by atoms with Gasteiger partial charge in [-0.1, -0.05) is 0 Å². The molecule has 0 spiro atoms. The van der Waals surface area contributed by atoms with E-state index in [-0.39, 0.29) is 31.0 Å². The van der Waals surface area contributed by atoms with E-state index < -0.39 is 12.0 Å². The molecule has 0 heterocycles. The van der Waals surface area contributed by atoms with Crippen LogP contribution in [0.25, 0.3) is 0 Å². The van der Waals surface area contributed by atoms with E-state index in [1.165, 1.54) is 18.2 Å². The number of rotatable bonds is 6. The number of amides is 2. The maximum atomic E-state index is 12.2. The third kappa shape index (κ3) is 5.30. The van der Waals surface area contributed by atoms with Crippen molar-refractivity contribution in [3.63, 3.8) is 0 Å². The molecular formula is C16H20N4O4. The topological polar surface area (TPSA) is 129 Å². The number of aryl methyl sites for hydroxylation is 1. The van der Waals surface area contributed by atoms with Crippen LogP contribution in [0.5, 0.6) is 5.75 Å². The number of nitrogens with two attached hydrogens (primary N) is 1. The number of nitriles is 1. The first kappa shape index (κ1) is 19.0. The number of nitrogens with zero attached hydrogens (tertiary/aromatic N) is 2. The molecule has 0 saturated heterocycles. The molecule has 4 N–H and O–H groups in total. The van der Waals surface area contributed by atoms with Crippen molar-refractivity contribution in [1.82, 2.24) is 4.90 Å². The third-order valence-corrected chi connectivity index (χ3v) is 2.98. The number of ether oxygens (including phenoxy) is 1. The van der Waals surface area contributed by atoms with Gasteiger partial charge in [0.1, 0.15) is 17.4 Å². The Balaban J connectivity index is 2.98. The summed E-state index contributed by atoms with van der Waals surface area (Å²) in [5.74, 6) is -0.615. The molecular weight excluding hydrogens is 312 g/mol. The number of benzene rings is 1. The van der Waals surface area contributed by atoms with Crippen LogP contribution in [0.15, 0.2) is 30.0 Å². The quantitative estimate of drug-likeness (QED) is 0.411. The first-order valence-electron chi connectivity index (χ1n) is 7.29. The molecule has 8 heteroatoms. The minimum absolute atomic E-state index is 0.0676. The van der Waals surface area contributed by atoms with Crippen LogP contribution < -0.4 is 11.1 Å². The molecule has 1 aromatic rings. The lowest BCUT2D eigenvalue weighted by atomic mass is 10.2. The van der Waals surface area contributed by atoms with Gasteiger partial charge >= 0.3 is 6.09 Å². The van der Waals surface area contributed by atoms with Crippen LogP contribution in [-0.2, 0) is 9.53 Å². The summed E-state index contributed by atoms with van der Waals surface area (Å²) in [5, 5.41) is 21.1. The Kier molecular flexibility index (Phi) is 7.26. The largest absolute Gasteiger partial charge is 0.508 e. The average molecular weight is 332 g/mol. The maximum Gasteiger partial charge on any atom is 0.413 e. The molecule has 128 valence electrons. The number of carbonyl (C=O) groups excluding carboxylic acids is 2. The molecule has 8 nitrogen and oxygen atoms in total. The second-order valence-corrected chi connectivity index (χ2v) is 4.79. The van der Waals surface area contributed by atoms with Crippen molar-refractivity contribution in [2.45, 2.75) is 13.8 Å². The predicted molar refractivity (Wildman–Crippen MR) is 88.0 cm³/mol. The normalized spacial score (nSPS) is 10.7. The lowest BCUT2D eigenvalue weighted by Crippen LogP contribution is -2.32. The first-order valence-corrected chi connectivity index (χ1v) is 7.29. The van der Waals surface area contributed by atoms with Crippen molar-refractivity contribution in [2.75, 3.05) is 25.0 Å². The number of hydrogen-bond donors (Lipinski definition) is 3. The number of nitrogens with one attached hydrogen (secondary N) is 1. The van der Waals surface area contributed by atoms with Crippen LogP contribution in [0.1, 0.15) is 12.5 Å². The smallest absolute Gasteiger partial charge is 0.413 e. The Morgan fingerprint density at radius 3 is 2.75 bits per heavy atom. The van der Waals surface area contributed by atoms with Crippen LogP contribution in [0.2, 0.25) is 0 Å². The molecule has 0 saturated carbocycles. The predicted octanol–water partition coefficient (Wildman–Crippen LogP) is 1.46. The minimum atomic E-state index is -0.690. The fourth-order valence-corrected chi connectivity index (χ4v) is 1.83. The van der Waals surface area contributed by atoms with E-state index >= 15 is 0 Å². The molecule has 2 amide bonds. The van der Waals surface area contributed by atoms with Crippen LogP contribution in [0, 0.1) is 18.3 Å². The van der Waals surface area contributed by atoms with Gasteiger partial charge in [-0.25, -0.2) is 4.79 Å². The SMILES string of the molecule is CCOC(=O)N(/C=C(/C#N)C(=O)Nc1ccc(O)cc1C)CCN. The lowest BCUT2D eigenvalue weighted by Gasteiger charge is -2.17. The highest BCUT2D eigenvalue weighted by Gasteiger charge is 2.17. The third-order valence-electron chi connectivity index (χ3n) is 2.98. The number of anilines is 1. The molecule has 0 radical (unpaired) electrons. The highest BCUT2D eigenvalue weighted by Crippen LogP contribution is 2.20.